The lowest BCUT2D eigenvalue weighted by Crippen LogP contribution is -2.11. The van der Waals surface area contributed by atoms with Gasteiger partial charge in [0.05, 0.1) is 5.56 Å². The number of aromatic nitrogens is 2. The predicted molar refractivity (Wildman–Crippen MR) is 89.3 cm³/mol. The maximum Gasteiger partial charge on any atom is 0.257 e. The summed E-state index contributed by atoms with van der Waals surface area (Å²) >= 11 is 0. The van der Waals surface area contributed by atoms with Gasteiger partial charge in [0, 0.05) is 30.0 Å². The van der Waals surface area contributed by atoms with Crippen molar-refractivity contribution in [3.63, 3.8) is 0 Å². The summed E-state index contributed by atoms with van der Waals surface area (Å²) < 4.78 is 1.99. The molecule has 0 saturated heterocycles. The van der Waals surface area contributed by atoms with Gasteiger partial charge in [-0.15, -0.1) is 0 Å². The molecule has 22 heavy (non-hydrogen) atoms. The average Bonchev–Trinajstić information content (AvgIpc) is 2.90. The number of carbonyl (C=O) groups excluding carboxylic acids is 1. The van der Waals surface area contributed by atoms with Crippen LogP contribution in [0.3, 0.4) is 0 Å². The minimum absolute atomic E-state index is 0.103. The summed E-state index contributed by atoms with van der Waals surface area (Å²) in [5.74, 6) is -0.103. The van der Waals surface area contributed by atoms with E-state index in [-0.39, 0.29) is 5.91 Å². The monoisotopic (exact) mass is 293 g/mol. The van der Waals surface area contributed by atoms with Crippen LogP contribution in [-0.4, -0.2) is 15.5 Å². The Hall–Kier alpha value is -2.62. The van der Waals surface area contributed by atoms with Crippen LogP contribution in [-0.2, 0) is 6.54 Å². The van der Waals surface area contributed by atoms with Gasteiger partial charge in [0.1, 0.15) is 5.65 Å². The van der Waals surface area contributed by atoms with E-state index in [1.807, 2.05) is 54.9 Å². The van der Waals surface area contributed by atoms with Gasteiger partial charge in [-0.25, -0.2) is 4.98 Å². The van der Waals surface area contributed by atoms with Crippen LogP contribution in [0.15, 0.2) is 42.7 Å². The van der Waals surface area contributed by atoms with Crippen LogP contribution in [0.25, 0.3) is 11.0 Å². The van der Waals surface area contributed by atoms with E-state index in [2.05, 4.69) is 17.2 Å². The lowest BCUT2D eigenvalue weighted by molar-refractivity contribution is 0.102. The van der Waals surface area contributed by atoms with Crippen LogP contribution in [0.5, 0.6) is 0 Å². The summed E-state index contributed by atoms with van der Waals surface area (Å²) in [6.45, 7) is 6.92. The molecule has 2 heterocycles. The Morgan fingerprint density at radius 3 is 2.77 bits per heavy atom. The van der Waals surface area contributed by atoms with Crippen molar-refractivity contribution in [3.8, 4) is 0 Å². The predicted octanol–water partition coefficient (Wildman–Crippen LogP) is 3.93. The highest BCUT2D eigenvalue weighted by Gasteiger charge is 2.15. The molecule has 4 heteroatoms. The molecular formula is C18H19N3O. The quantitative estimate of drug-likeness (QED) is 0.795. The number of hydrogen-bond acceptors (Lipinski definition) is 2. The number of aryl methyl sites for hydroxylation is 3. The topological polar surface area (TPSA) is 46.9 Å². The number of pyridine rings is 1. The third-order valence-corrected chi connectivity index (χ3v) is 3.98. The summed E-state index contributed by atoms with van der Waals surface area (Å²) in [6, 6.07) is 9.72. The molecule has 0 fully saturated rings. The van der Waals surface area contributed by atoms with E-state index in [1.54, 1.807) is 6.20 Å². The zero-order valence-electron chi connectivity index (χ0n) is 13.1. The second-order valence-electron chi connectivity index (χ2n) is 5.46. The normalized spacial score (nSPS) is 10.9. The molecule has 0 spiro atoms. The number of anilines is 1. The molecular weight excluding hydrogens is 274 g/mol. The molecule has 1 N–H and O–H groups in total. The number of hydrogen-bond donors (Lipinski definition) is 1. The van der Waals surface area contributed by atoms with Crippen molar-refractivity contribution >= 4 is 22.6 Å². The van der Waals surface area contributed by atoms with E-state index in [4.69, 9.17) is 0 Å². The molecule has 3 rings (SSSR count). The molecule has 112 valence electrons. The van der Waals surface area contributed by atoms with Crippen LogP contribution < -0.4 is 5.32 Å². The van der Waals surface area contributed by atoms with Gasteiger partial charge in [0.25, 0.3) is 5.91 Å². The van der Waals surface area contributed by atoms with Gasteiger partial charge in [0.15, 0.2) is 0 Å². The molecule has 4 nitrogen and oxygen atoms in total. The van der Waals surface area contributed by atoms with Crippen molar-refractivity contribution in [2.45, 2.75) is 27.3 Å². The number of fused-ring (bicyclic) bond motifs is 1. The fourth-order valence-corrected chi connectivity index (χ4v) is 2.56. The molecule has 0 bridgehead atoms. The lowest BCUT2D eigenvalue weighted by atomic mass is 10.1. The highest BCUT2D eigenvalue weighted by atomic mass is 16.1. The fourth-order valence-electron chi connectivity index (χ4n) is 2.56. The van der Waals surface area contributed by atoms with Crippen LogP contribution in [0.2, 0.25) is 0 Å². The Bertz CT molecular complexity index is 849. The van der Waals surface area contributed by atoms with Gasteiger partial charge in [-0.3, -0.25) is 4.79 Å². The van der Waals surface area contributed by atoms with Gasteiger partial charge in [-0.05, 0) is 56.2 Å². The fraction of sp³-hybridized carbons (Fsp3) is 0.222. The van der Waals surface area contributed by atoms with Gasteiger partial charge in [0.2, 0.25) is 0 Å². The molecule has 1 amide bonds. The first-order valence-corrected chi connectivity index (χ1v) is 7.42. The van der Waals surface area contributed by atoms with E-state index >= 15 is 0 Å². The summed E-state index contributed by atoms with van der Waals surface area (Å²) in [7, 11) is 0. The second kappa shape index (κ2) is 5.64. The van der Waals surface area contributed by atoms with Crippen LogP contribution in [0.4, 0.5) is 5.69 Å². The molecule has 0 atom stereocenters. The zero-order valence-corrected chi connectivity index (χ0v) is 13.1. The van der Waals surface area contributed by atoms with Crippen molar-refractivity contribution in [1.82, 2.24) is 9.55 Å². The second-order valence-corrected chi connectivity index (χ2v) is 5.46. The first-order valence-electron chi connectivity index (χ1n) is 7.42. The number of nitrogens with zero attached hydrogens (tertiary/aromatic N) is 2. The largest absolute Gasteiger partial charge is 0.332 e. The van der Waals surface area contributed by atoms with E-state index < -0.39 is 0 Å². The van der Waals surface area contributed by atoms with E-state index in [0.717, 1.165) is 28.8 Å². The number of nitrogens with one attached hydrogen (secondary N) is 1. The molecule has 3 aromatic rings. The molecule has 1 aromatic carbocycles. The van der Waals surface area contributed by atoms with Gasteiger partial charge in [-0.2, -0.15) is 0 Å². The van der Waals surface area contributed by atoms with Crippen molar-refractivity contribution < 1.29 is 4.79 Å². The van der Waals surface area contributed by atoms with Gasteiger partial charge < -0.3 is 9.88 Å². The van der Waals surface area contributed by atoms with E-state index in [1.165, 1.54) is 5.56 Å². The van der Waals surface area contributed by atoms with Gasteiger partial charge >= 0.3 is 0 Å². The molecule has 0 unspecified atom stereocenters. The number of carbonyl (C=O) groups is 1. The summed E-state index contributed by atoms with van der Waals surface area (Å²) in [5.41, 5.74) is 4.69. The third-order valence-electron chi connectivity index (χ3n) is 3.98. The number of rotatable bonds is 3. The maximum absolute atomic E-state index is 12.6. The molecule has 0 aliphatic heterocycles. The van der Waals surface area contributed by atoms with Crippen LogP contribution in [0.1, 0.15) is 28.4 Å². The van der Waals surface area contributed by atoms with Crippen LogP contribution >= 0.6 is 0 Å². The smallest absolute Gasteiger partial charge is 0.257 e. The van der Waals surface area contributed by atoms with Crippen LogP contribution in [0, 0.1) is 13.8 Å². The summed E-state index contributed by atoms with van der Waals surface area (Å²) in [6.07, 6.45) is 3.62. The minimum Gasteiger partial charge on any atom is -0.332 e. The highest BCUT2D eigenvalue weighted by molar-refractivity contribution is 6.12. The van der Waals surface area contributed by atoms with E-state index in [0.29, 0.717) is 5.56 Å². The van der Waals surface area contributed by atoms with Crippen molar-refractivity contribution in [2.24, 2.45) is 0 Å². The molecule has 0 aliphatic carbocycles. The first kappa shape index (κ1) is 14.3. The Labute approximate surface area is 129 Å². The van der Waals surface area contributed by atoms with Crippen molar-refractivity contribution in [3.05, 3.63) is 59.4 Å². The standard InChI is InChI=1S/C18H19N3O/c1-4-21-11-16(15-6-5-9-19-17(15)21)18(22)20-14-8-7-12(2)13(3)10-14/h5-11H,4H2,1-3H3,(H,20,22). The Morgan fingerprint density at radius 1 is 1.23 bits per heavy atom. The summed E-state index contributed by atoms with van der Waals surface area (Å²) in [5, 5.41) is 3.86. The Kier molecular flexibility index (Phi) is 3.67. The maximum atomic E-state index is 12.6. The van der Waals surface area contributed by atoms with Crippen molar-refractivity contribution in [2.75, 3.05) is 5.32 Å². The summed E-state index contributed by atoms with van der Waals surface area (Å²) in [4.78, 5) is 17.0. The van der Waals surface area contributed by atoms with Gasteiger partial charge in [-0.1, -0.05) is 6.07 Å². The molecule has 2 aromatic heterocycles. The lowest BCUT2D eigenvalue weighted by Gasteiger charge is -2.07. The third kappa shape index (κ3) is 2.48. The SMILES string of the molecule is CCn1cc(C(=O)Nc2ccc(C)c(C)c2)c2cccnc21. The van der Waals surface area contributed by atoms with E-state index in [9.17, 15) is 4.79 Å². The Morgan fingerprint density at radius 2 is 2.05 bits per heavy atom. The molecule has 0 aliphatic rings. The highest BCUT2D eigenvalue weighted by Crippen LogP contribution is 2.21. The molecule has 0 radical (unpaired) electrons. The molecule has 0 saturated carbocycles. The number of benzene rings is 1. The minimum atomic E-state index is -0.103. The number of amides is 1. The Balaban J connectivity index is 1.97. The average molecular weight is 293 g/mol. The van der Waals surface area contributed by atoms with Crippen molar-refractivity contribution in [1.29, 1.82) is 0 Å². The zero-order chi connectivity index (χ0) is 15.7. The first-order chi connectivity index (χ1) is 10.6.